The molecule has 7 rings (SSSR count). The summed E-state index contributed by atoms with van der Waals surface area (Å²) < 4.78 is 42.7. The van der Waals surface area contributed by atoms with Gasteiger partial charge in [0.1, 0.15) is 0 Å². The maximum absolute atomic E-state index is 8.86. The van der Waals surface area contributed by atoms with E-state index in [1.165, 1.54) is 0 Å². The van der Waals surface area contributed by atoms with Crippen LogP contribution in [0.1, 0.15) is 6.85 Å². The molecule has 38 heavy (non-hydrogen) atoms. The van der Waals surface area contributed by atoms with E-state index in [9.17, 15) is 0 Å². The van der Waals surface area contributed by atoms with E-state index in [0.717, 1.165) is 54.9 Å². The van der Waals surface area contributed by atoms with Crippen molar-refractivity contribution in [1.29, 1.82) is 0 Å². The average molecular weight is 488 g/mol. The Hall–Kier alpha value is -4.94. The van der Waals surface area contributed by atoms with E-state index in [2.05, 4.69) is 54.6 Å². The molecule has 0 unspecified atom stereocenters. The molecule has 0 amide bonds. The third-order valence-corrected chi connectivity index (χ3v) is 7.17. The second-order valence-corrected chi connectivity index (χ2v) is 9.30. The first-order valence-corrected chi connectivity index (χ1v) is 12.7. The van der Waals surface area contributed by atoms with Gasteiger partial charge in [-0.2, -0.15) is 0 Å². The van der Waals surface area contributed by atoms with Crippen molar-refractivity contribution >= 4 is 21.5 Å². The molecule has 0 saturated heterocycles. The van der Waals surface area contributed by atoms with Gasteiger partial charge in [-0.3, -0.25) is 0 Å². The van der Waals surface area contributed by atoms with E-state index in [0.29, 0.717) is 5.56 Å². The SMILES string of the molecule is [2H]c1c([2H])c([2H])c(-c2c3ccccc3c(-c3c(-c4ccccc4)cccc3-c3ccccc3)c3ccccc23)c([2H])c1[2H]. The van der Waals surface area contributed by atoms with Crippen molar-refractivity contribution in [2.45, 2.75) is 0 Å². The topological polar surface area (TPSA) is 0 Å². The lowest BCUT2D eigenvalue weighted by Gasteiger charge is -2.22. The number of hydrogen-bond donors (Lipinski definition) is 0. The molecule has 0 heterocycles. The lowest BCUT2D eigenvalue weighted by Crippen LogP contribution is -1.95. The van der Waals surface area contributed by atoms with Crippen LogP contribution in [0.15, 0.2) is 158 Å². The molecule has 7 aromatic carbocycles. The average Bonchev–Trinajstić information content (AvgIpc) is 3.07. The van der Waals surface area contributed by atoms with E-state index in [1.807, 2.05) is 72.8 Å². The summed E-state index contributed by atoms with van der Waals surface area (Å²) in [6, 6.07) is 41.7. The van der Waals surface area contributed by atoms with Gasteiger partial charge < -0.3 is 0 Å². The molecule has 178 valence electrons. The minimum atomic E-state index is -0.395. The van der Waals surface area contributed by atoms with Crippen LogP contribution >= 0.6 is 0 Å². The van der Waals surface area contributed by atoms with Gasteiger partial charge in [0.25, 0.3) is 0 Å². The molecule has 0 aliphatic rings. The van der Waals surface area contributed by atoms with E-state index in [1.54, 1.807) is 0 Å². The van der Waals surface area contributed by atoms with Crippen LogP contribution in [0.4, 0.5) is 0 Å². The van der Waals surface area contributed by atoms with Gasteiger partial charge in [0.15, 0.2) is 0 Å². The molecule has 0 aliphatic carbocycles. The Morgan fingerprint density at radius 1 is 0.316 bits per heavy atom. The number of fused-ring (bicyclic) bond motifs is 2. The highest BCUT2D eigenvalue weighted by atomic mass is 14.2. The fourth-order valence-corrected chi connectivity index (χ4v) is 5.58. The quantitative estimate of drug-likeness (QED) is 0.217. The summed E-state index contributed by atoms with van der Waals surface area (Å²) >= 11 is 0. The highest BCUT2D eigenvalue weighted by Crippen LogP contribution is 2.48. The van der Waals surface area contributed by atoms with Gasteiger partial charge in [-0.1, -0.05) is 158 Å². The van der Waals surface area contributed by atoms with Crippen molar-refractivity contribution in [3.63, 3.8) is 0 Å². The van der Waals surface area contributed by atoms with Crippen molar-refractivity contribution in [3.05, 3.63) is 158 Å². The zero-order chi connectivity index (χ0) is 29.7. The van der Waals surface area contributed by atoms with Crippen LogP contribution in [-0.4, -0.2) is 0 Å². The molecule has 0 fully saturated rings. The maximum atomic E-state index is 8.86. The summed E-state index contributed by atoms with van der Waals surface area (Å²) in [5, 5.41) is 3.56. The highest BCUT2D eigenvalue weighted by Gasteiger charge is 2.21. The van der Waals surface area contributed by atoms with Gasteiger partial charge >= 0.3 is 0 Å². The Morgan fingerprint density at radius 3 is 1.21 bits per heavy atom. The Kier molecular flexibility index (Phi) is 4.38. The lowest BCUT2D eigenvalue weighted by molar-refractivity contribution is 1.58. The van der Waals surface area contributed by atoms with Gasteiger partial charge in [0, 0.05) is 0 Å². The third kappa shape index (κ3) is 3.70. The molecule has 0 radical (unpaired) electrons. The van der Waals surface area contributed by atoms with Crippen molar-refractivity contribution in [3.8, 4) is 44.5 Å². The van der Waals surface area contributed by atoms with Gasteiger partial charge in [-0.15, -0.1) is 0 Å². The smallest absolute Gasteiger partial charge is 0.0622 e. The van der Waals surface area contributed by atoms with Crippen LogP contribution in [-0.2, 0) is 0 Å². The van der Waals surface area contributed by atoms with Crippen molar-refractivity contribution in [1.82, 2.24) is 0 Å². The molecular formula is C38H26. The first-order valence-electron chi connectivity index (χ1n) is 15.2. The molecule has 0 atom stereocenters. The molecule has 0 bridgehead atoms. The Bertz CT molecular complexity index is 2030. The van der Waals surface area contributed by atoms with Gasteiger partial charge in [0.2, 0.25) is 0 Å². The summed E-state index contributed by atoms with van der Waals surface area (Å²) in [7, 11) is 0. The Balaban J connectivity index is 1.71. The van der Waals surface area contributed by atoms with E-state index < -0.39 is 6.04 Å². The molecule has 0 spiro atoms. The van der Waals surface area contributed by atoms with Crippen LogP contribution in [0.3, 0.4) is 0 Å². The summed E-state index contributed by atoms with van der Waals surface area (Å²) in [5.74, 6) is 0. The zero-order valence-electron chi connectivity index (χ0n) is 25.6. The minimum Gasteiger partial charge on any atom is -0.0622 e. The van der Waals surface area contributed by atoms with Crippen molar-refractivity contribution in [2.75, 3.05) is 0 Å². The highest BCUT2D eigenvalue weighted by molar-refractivity contribution is 6.23. The number of hydrogen-bond acceptors (Lipinski definition) is 0. The Labute approximate surface area is 230 Å². The summed E-state index contributed by atoms with van der Waals surface area (Å²) in [6.07, 6.45) is 0. The van der Waals surface area contributed by atoms with Gasteiger partial charge in [0.05, 0.1) is 6.85 Å². The summed E-state index contributed by atoms with van der Waals surface area (Å²) in [6.45, 7) is 0. The number of rotatable bonds is 4. The summed E-state index contributed by atoms with van der Waals surface area (Å²) in [4.78, 5) is 0. The van der Waals surface area contributed by atoms with Crippen molar-refractivity contribution in [2.24, 2.45) is 0 Å². The predicted molar refractivity (Wildman–Crippen MR) is 163 cm³/mol. The monoisotopic (exact) mass is 487 g/mol. The van der Waals surface area contributed by atoms with Crippen LogP contribution in [0, 0.1) is 0 Å². The minimum absolute atomic E-state index is 0.205. The van der Waals surface area contributed by atoms with Crippen LogP contribution in [0.5, 0.6) is 0 Å². The molecule has 0 nitrogen and oxygen atoms in total. The molecule has 0 saturated carbocycles. The van der Waals surface area contributed by atoms with Gasteiger partial charge in [-0.25, -0.2) is 0 Å². The summed E-state index contributed by atoms with van der Waals surface area (Å²) in [5.41, 5.74) is 7.35. The largest absolute Gasteiger partial charge is 0.0629 e. The van der Waals surface area contributed by atoms with Crippen molar-refractivity contribution < 1.29 is 6.85 Å². The maximum Gasteiger partial charge on any atom is 0.0629 e. The fraction of sp³-hybridized carbons (Fsp3) is 0. The van der Waals surface area contributed by atoms with Crippen LogP contribution in [0.2, 0.25) is 0 Å². The van der Waals surface area contributed by atoms with Gasteiger partial charge in [-0.05, 0) is 66.1 Å². The molecule has 0 aliphatic heterocycles. The molecule has 0 N–H and O–H groups in total. The number of benzene rings is 7. The van der Waals surface area contributed by atoms with E-state index >= 15 is 0 Å². The van der Waals surface area contributed by atoms with E-state index in [-0.39, 0.29) is 29.7 Å². The molecule has 0 heteroatoms. The first-order chi connectivity index (χ1) is 21.0. The first kappa shape index (κ1) is 17.5. The van der Waals surface area contributed by atoms with E-state index in [4.69, 9.17) is 6.85 Å². The second kappa shape index (κ2) is 9.50. The molecule has 0 aromatic heterocycles. The lowest BCUT2D eigenvalue weighted by atomic mass is 9.81. The molecular weight excluding hydrogens is 456 g/mol. The third-order valence-electron chi connectivity index (χ3n) is 7.17. The predicted octanol–water partition coefficient (Wildman–Crippen LogP) is 10.7. The van der Waals surface area contributed by atoms with Crippen LogP contribution < -0.4 is 0 Å². The molecule has 7 aromatic rings. The second-order valence-electron chi connectivity index (χ2n) is 9.30. The van der Waals surface area contributed by atoms with Crippen LogP contribution in [0.25, 0.3) is 66.1 Å². The standard InChI is InChI=1S/C38H26/c1-4-15-27(16-5-1)30-25-14-26-31(28-17-6-2-7-18-28)37(30)38-34-23-12-10-21-32(34)36(29-19-8-3-9-20-29)33-22-11-13-24-35(33)38/h1-26H/i3D,8D,9D,19D,20D. The fourth-order valence-electron chi connectivity index (χ4n) is 5.58. The zero-order valence-corrected chi connectivity index (χ0v) is 20.6. The normalized spacial score (nSPS) is 13.0. The Morgan fingerprint density at radius 2 is 0.737 bits per heavy atom.